The largest absolute Gasteiger partial charge is 0.337 e. The van der Waals surface area contributed by atoms with Crippen LogP contribution in [-0.2, 0) is 19.6 Å². The fourth-order valence-electron chi connectivity index (χ4n) is 4.81. The summed E-state index contributed by atoms with van der Waals surface area (Å²) < 4.78 is 53.3. The SMILES string of the molecule is CS(=O)(=O)N1CC2(CC2)C[C@H](C(=O)NO)[C@H]1C(=O)N1CC=C(c2cc(F)cc(F)c2)CC1. The first kappa shape index (κ1) is 22.8. The summed E-state index contributed by atoms with van der Waals surface area (Å²) >= 11 is 0. The fourth-order valence-corrected chi connectivity index (χ4v) is 5.96. The molecule has 2 amide bonds. The van der Waals surface area contributed by atoms with Crippen LogP contribution in [0.2, 0.25) is 0 Å². The Morgan fingerprint density at radius 1 is 1.19 bits per heavy atom. The fraction of sp³-hybridized carbons (Fsp3) is 0.524. The van der Waals surface area contributed by atoms with Crippen molar-refractivity contribution in [2.45, 2.75) is 31.7 Å². The van der Waals surface area contributed by atoms with Gasteiger partial charge >= 0.3 is 0 Å². The molecule has 1 aromatic carbocycles. The molecule has 8 nitrogen and oxygen atoms in total. The molecule has 1 saturated carbocycles. The number of piperidine rings is 1. The van der Waals surface area contributed by atoms with Gasteiger partial charge in [0.2, 0.25) is 21.8 Å². The summed E-state index contributed by atoms with van der Waals surface area (Å²) in [6.45, 7) is 0.476. The van der Waals surface area contributed by atoms with Gasteiger partial charge in [-0.2, -0.15) is 4.31 Å². The molecule has 0 bridgehead atoms. The Balaban J connectivity index is 1.60. The number of hydrogen-bond acceptors (Lipinski definition) is 5. The lowest BCUT2D eigenvalue weighted by atomic mass is 9.81. The molecule has 0 aromatic heterocycles. The van der Waals surface area contributed by atoms with Gasteiger partial charge < -0.3 is 4.90 Å². The van der Waals surface area contributed by atoms with Gasteiger partial charge in [-0.05, 0) is 54.4 Å². The molecule has 2 heterocycles. The summed E-state index contributed by atoms with van der Waals surface area (Å²) in [5, 5.41) is 9.22. The van der Waals surface area contributed by atoms with Crippen molar-refractivity contribution in [1.82, 2.24) is 14.7 Å². The average molecular weight is 470 g/mol. The molecule has 1 aliphatic carbocycles. The number of nitrogens with zero attached hydrogens (tertiary/aromatic N) is 2. The van der Waals surface area contributed by atoms with Crippen LogP contribution >= 0.6 is 0 Å². The molecule has 4 rings (SSSR count). The van der Waals surface area contributed by atoms with E-state index in [4.69, 9.17) is 0 Å². The van der Waals surface area contributed by atoms with Crippen molar-refractivity contribution in [3.63, 3.8) is 0 Å². The third kappa shape index (κ3) is 4.41. The van der Waals surface area contributed by atoms with Gasteiger partial charge in [0.05, 0.1) is 12.2 Å². The second-order valence-electron chi connectivity index (χ2n) is 8.96. The molecule has 0 unspecified atom stereocenters. The molecule has 2 aliphatic heterocycles. The normalized spacial score (nSPS) is 25.4. The van der Waals surface area contributed by atoms with E-state index in [9.17, 15) is 32.0 Å². The van der Waals surface area contributed by atoms with Crippen LogP contribution in [-0.4, -0.2) is 66.6 Å². The number of hydroxylamine groups is 1. The molecule has 2 fully saturated rings. The van der Waals surface area contributed by atoms with E-state index in [-0.39, 0.29) is 25.0 Å². The van der Waals surface area contributed by atoms with Crippen molar-refractivity contribution in [3.05, 3.63) is 41.5 Å². The lowest BCUT2D eigenvalue weighted by Gasteiger charge is -2.44. The standard InChI is InChI=1S/C21H25F2N3O5S/c1-32(30,31)26-12-21(4-5-21)11-17(19(27)24-29)18(26)20(28)25-6-2-13(3-7-25)14-8-15(22)10-16(23)9-14/h2,8-10,17-18,29H,3-7,11-12H2,1H3,(H,24,27)/t17-,18-/m0/s1. The quantitative estimate of drug-likeness (QED) is 0.514. The van der Waals surface area contributed by atoms with Crippen LogP contribution in [0.1, 0.15) is 31.2 Å². The Bertz CT molecular complexity index is 1070. The molecular weight excluding hydrogens is 444 g/mol. The monoisotopic (exact) mass is 469 g/mol. The molecule has 0 radical (unpaired) electrons. The predicted octanol–water partition coefficient (Wildman–Crippen LogP) is 1.52. The van der Waals surface area contributed by atoms with Crippen LogP contribution in [0.25, 0.3) is 5.57 Å². The Hall–Kier alpha value is -2.37. The lowest BCUT2D eigenvalue weighted by Crippen LogP contribution is -2.61. The van der Waals surface area contributed by atoms with Gasteiger partial charge in [-0.3, -0.25) is 14.8 Å². The van der Waals surface area contributed by atoms with Crippen LogP contribution in [0.3, 0.4) is 0 Å². The zero-order chi connectivity index (χ0) is 23.3. The van der Waals surface area contributed by atoms with Crippen molar-refractivity contribution in [1.29, 1.82) is 0 Å². The van der Waals surface area contributed by atoms with E-state index in [1.165, 1.54) is 17.0 Å². The highest BCUT2D eigenvalue weighted by Crippen LogP contribution is 2.55. The molecule has 1 saturated heterocycles. The Labute approximate surface area is 184 Å². The number of benzene rings is 1. The van der Waals surface area contributed by atoms with Gasteiger partial charge in [0.25, 0.3) is 0 Å². The van der Waals surface area contributed by atoms with E-state index < -0.39 is 45.4 Å². The maximum absolute atomic E-state index is 13.6. The summed E-state index contributed by atoms with van der Waals surface area (Å²) in [7, 11) is -3.80. The van der Waals surface area contributed by atoms with Gasteiger partial charge in [-0.15, -0.1) is 0 Å². The first-order valence-electron chi connectivity index (χ1n) is 10.4. The molecule has 3 aliphatic rings. The van der Waals surface area contributed by atoms with Crippen LogP contribution in [0.15, 0.2) is 24.3 Å². The third-order valence-electron chi connectivity index (χ3n) is 6.67. The highest BCUT2D eigenvalue weighted by atomic mass is 32.2. The van der Waals surface area contributed by atoms with E-state index in [1.807, 2.05) is 0 Å². The van der Waals surface area contributed by atoms with Gasteiger partial charge in [0.15, 0.2) is 0 Å². The number of amides is 2. The zero-order valence-electron chi connectivity index (χ0n) is 17.6. The maximum atomic E-state index is 13.6. The minimum absolute atomic E-state index is 0.110. The smallest absolute Gasteiger partial charge is 0.248 e. The Morgan fingerprint density at radius 3 is 2.34 bits per heavy atom. The molecule has 174 valence electrons. The number of halogens is 2. The summed E-state index contributed by atoms with van der Waals surface area (Å²) in [4.78, 5) is 27.3. The minimum Gasteiger partial charge on any atom is -0.337 e. The van der Waals surface area contributed by atoms with E-state index in [0.29, 0.717) is 24.0 Å². The number of carbonyl (C=O) groups is 2. The molecule has 1 aromatic rings. The Morgan fingerprint density at radius 2 is 1.84 bits per heavy atom. The zero-order valence-corrected chi connectivity index (χ0v) is 18.4. The molecule has 2 N–H and O–H groups in total. The van der Waals surface area contributed by atoms with E-state index >= 15 is 0 Å². The van der Waals surface area contributed by atoms with Crippen LogP contribution in [0.4, 0.5) is 8.78 Å². The summed E-state index contributed by atoms with van der Waals surface area (Å²) in [5.41, 5.74) is 2.31. The van der Waals surface area contributed by atoms with E-state index in [2.05, 4.69) is 0 Å². The topological polar surface area (TPSA) is 107 Å². The maximum Gasteiger partial charge on any atom is 0.248 e. The third-order valence-corrected chi connectivity index (χ3v) is 7.88. The van der Waals surface area contributed by atoms with Crippen molar-refractivity contribution >= 4 is 27.4 Å². The minimum atomic E-state index is -3.80. The van der Waals surface area contributed by atoms with Gasteiger partial charge in [0.1, 0.15) is 17.7 Å². The molecule has 11 heteroatoms. The number of carbonyl (C=O) groups excluding carboxylic acids is 2. The highest BCUT2D eigenvalue weighted by molar-refractivity contribution is 7.88. The molecule has 1 spiro atoms. The second-order valence-corrected chi connectivity index (χ2v) is 10.9. The van der Waals surface area contributed by atoms with Crippen LogP contribution in [0.5, 0.6) is 0 Å². The van der Waals surface area contributed by atoms with Crippen molar-refractivity contribution in [3.8, 4) is 0 Å². The van der Waals surface area contributed by atoms with E-state index in [0.717, 1.165) is 29.5 Å². The van der Waals surface area contributed by atoms with Crippen molar-refractivity contribution in [2.75, 3.05) is 25.9 Å². The number of hydrogen-bond donors (Lipinski definition) is 2. The van der Waals surface area contributed by atoms with Crippen molar-refractivity contribution < 1.29 is 32.0 Å². The molecule has 2 atom stereocenters. The summed E-state index contributed by atoms with van der Waals surface area (Å²) in [6.07, 6.45) is 4.84. The molecular formula is C21H25F2N3O5S. The van der Waals surface area contributed by atoms with Crippen LogP contribution < -0.4 is 5.48 Å². The van der Waals surface area contributed by atoms with Gasteiger partial charge in [0, 0.05) is 25.7 Å². The highest BCUT2D eigenvalue weighted by Gasteiger charge is 2.58. The van der Waals surface area contributed by atoms with Crippen molar-refractivity contribution in [2.24, 2.45) is 11.3 Å². The first-order chi connectivity index (χ1) is 15.0. The van der Waals surface area contributed by atoms with Gasteiger partial charge in [-0.1, -0.05) is 6.08 Å². The summed E-state index contributed by atoms with van der Waals surface area (Å²) in [6, 6.07) is 1.96. The lowest BCUT2D eigenvalue weighted by molar-refractivity contribution is -0.148. The van der Waals surface area contributed by atoms with Gasteiger partial charge in [-0.25, -0.2) is 22.7 Å². The Kier molecular flexibility index (Phi) is 5.84. The molecule has 32 heavy (non-hydrogen) atoms. The average Bonchev–Trinajstić information content (AvgIpc) is 3.49. The second kappa shape index (κ2) is 8.20. The first-order valence-corrected chi connectivity index (χ1v) is 12.2. The number of sulfonamides is 1. The number of nitrogens with one attached hydrogen (secondary N) is 1. The predicted molar refractivity (Wildman–Crippen MR) is 111 cm³/mol. The van der Waals surface area contributed by atoms with E-state index in [1.54, 1.807) is 11.6 Å². The summed E-state index contributed by atoms with van der Waals surface area (Å²) in [5.74, 6) is -3.72. The number of rotatable bonds is 4. The van der Waals surface area contributed by atoms with Crippen LogP contribution in [0, 0.1) is 23.0 Å².